The van der Waals surface area contributed by atoms with E-state index >= 15 is 0 Å². The van der Waals surface area contributed by atoms with Crippen LogP contribution < -0.4 is 5.32 Å². The zero-order valence-corrected chi connectivity index (χ0v) is 17.2. The number of nitriles is 2. The second-order valence-electron chi connectivity index (χ2n) is 7.28. The van der Waals surface area contributed by atoms with E-state index in [0.29, 0.717) is 33.9 Å². The molecule has 1 aromatic carbocycles. The molecule has 5 rings (SSSR count). The molecule has 4 aromatic rings. The minimum absolute atomic E-state index is 0.0575. The number of nitrogens with one attached hydrogen (secondary N) is 1. The minimum atomic E-state index is -1.44. The summed E-state index contributed by atoms with van der Waals surface area (Å²) < 4.78 is 16.7. The highest BCUT2D eigenvalue weighted by Gasteiger charge is 2.25. The second kappa shape index (κ2) is 7.80. The van der Waals surface area contributed by atoms with Crippen LogP contribution in [-0.4, -0.2) is 29.1 Å². The molecule has 0 amide bonds. The maximum atomic E-state index is 13.1. The van der Waals surface area contributed by atoms with Crippen LogP contribution in [-0.2, 0) is 24.3 Å². The lowest BCUT2D eigenvalue weighted by molar-refractivity contribution is 0.484. The molecule has 0 aliphatic carbocycles. The highest BCUT2D eigenvalue weighted by Crippen LogP contribution is 2.31. The molecule has 2 unspecified atom stereocenters. The molecule has 152 valence electrons. The summed E-state index contributed by atoms with van der Waals surface area (Å²) in [5.74, 6) is 0.854. The Morgan fingerprint density at radius 3 is 2.77 bits per heavy atom. The topological polar surface area (TPSA) is 118 Å². The molecule has 9 heteroatoms. The van der Waals surface area contributed by atoms with Crippen LogP contribution >= 0.6 is 0 Å². The fourth-order valence-electron chi connectivity index (χ4n) is 3.90. The molecule has 2 atom stereocenters. The Morgan fingerprint density at radius 1 is 1.16 bits per heavy atom. The largest absolute Gasteiger partial charge is 0.587 e. The number of rotatable bonds is 4. The van der Waals surface area contributed by atoms with E-state index in [1.54, 1.807) is 16.4 Å². The van der Waals surface area contributed by atoms with Crippen molar-refractivity contribution in [3.63, 3.8) is 0 Å². The normalized spacial score (nSPS) is 16.3. The Hall–Kier alpha value is -3.79. The van der Waals surface area contributed by atoms with Crippen molar-refractivity contribution in [3.8, 4) is 12.1 Å². The Labute approximate surface area is 181 Å². The summed E-state index contributed by atoms with van der Waals surface area (Å²) in [6, 6.07) is 15.4. The van der Waals surface area contributed by atoms with E-state index in [1.807, 2.05) is 41.0 Å². The van der Waals surface area contributed by atoms with Gasteiger partial charge in [-0.1, -0.05) is 18.2 Å². The Morgan fingerprint density at radius 2 is 2.00 bits per heavy atom. The van der Waals surface area contributed by atoms with Crippen LogP contribution in [0.5, 0.6) is 0 Å². The van der Waals surface area contributed by atoms with Crippen molar-refractivity contribution < 1.29 is 4.55 Å². The Kier molecular flexibility index (Phi) is 4.83. The number of imidazole rings is 1. The molecular formula is C22H17N7OS. The van der Waals surface area contributed by atoms with Crippen molar-refractivity contribution in [3.05, 3.63) is 72.1 Å². The number of nitrogens with zero attached hydrogens (tertiary/aromatic N) is 6. The van der Waals surface area contributed by atoms with Crippen LogP contribution in [0, 0.1) is 22.7 Å². The van der Waals surface area contributed by atoms with Gasteiger partial charge < -0.3 is 14.4 Å². The van der Waals surface area contributed by atoms with Gasteiger partial charge in [-0.15, -0.1) is 3.97 Å². The third kappa shape index (κ3) is 3.40. The zero-order valence-electron chi connectivity index (χ0n) is 16.4. The van der Waals surface area contributed by atoms with Crippen molar-refractivity contribution in [2.75, 3.05) is 5.32 Å². The molecule has 0 saturated heterocycles. The molecule has 8 nitrogen and oxygen atoms in total. The van der Waals surface area contributed by atoms with E-state index in [2.05, 4.69) is 27.4 Å². The van der Waals surface area contributed by atoms with E-state index in [1.165, 1.54) is 6.20 Å². The van der Waals surface area contributed by atoms with Crippen LogP contribution in [0.3, 0.4) is 0 Å². The van der Waals surface area contributed by atoms with Gasteiger partial charge in [0.25, 0.3) is 0 Å². The smallest absolute Gasteiger partial charge is 0.188 e. The molecule has 0 saturated carbocycles. The highest BCUT2D eigenvalue weighted by molar-refractivity contribution is 7.90. The van der Waals surface area contributed by atoms with E-state index in [0.717, 1.165) is 24.2 Å². The lowest BCUT2D eigenvalue weighted by Crippen LogP contribution is -2.30. The number of hydrogen-bond donors (Lipinski definition) is 1. The lowest BCUT2D eigenvalue weighted by Gasteiger charge is -2.25. The minimum Gasteiger partial charge on any atom is -0.587 e. The van der Waals surface area contributed by atoms with Crippen LogP contribution in [0.25, 0.3) is 11.0 Å². The number of pyridine rings is 1. The third-order valence-corrected chi connectivity index (χ3v) is 6.72. The monoisotopic (exact) mass is 427 g/mol. The van der Waals surface area contributed by atoms with Crippen LogP contribution in [0.15, 0.2) is 59.9 Å². The fraction of sp³-hybridized carbons (Fsp3) is 0.182. The quantitative estimate of drug-likeness (QED) is 0.500. The van der Waals surface area contributed by atoms with Crippen LogP contribution in [0.1, 0.15) is 23.5 Å². The number of fused-ring (bicyclic) bond motifs is 2. The van der Waals surface area contributed by atoms with E-state index in [4.69, 9.17) is 5.26 Å². The first-order chi connectivity index (χ1) is 15.2. The Bertz CT molecular complexity index is 1350. The number of aryl methyl sites for hydroxylation is 1. The van der Waals surface area contributed by atoms with Crippen LogP contribution in [0.4, 0.5) is 5.69 Å². The summed E-state index contributed by atoms with van der Waals surface area (Å²) in [6.45, 7) is 0.747. The van der Waals surface area contributed by atoms with Gasteiger partial charge in [-0.3, -0.25) is 0 Å². The molecule has 1 N–H and O–H groups in total. The van der Waals surface area contributed by atoms with Gasteiger partial charge in [0, 0.05) is 36.8 Å². The van der Waals surface area contributed by atoms with Gasteiger partial charge >= 0.3 is 0 Å². The summed E-state index contributed by atoms with van der Waals surface area (Å²) >= 11 is -1.44. The second-order valence-corrected chi connectivity index (χ2v) is 8.64. The molecule has 0 radical (unpaired) electrons. The van der Waals surface area contributed by atoms with Crippen LogP contribution in [0.2, 0.25) is 0 Å². The van der Waals surface area contributed by atoms with E-state index in [9.17, 15) is 9.81 Å². The van der Waals surface area contributed by atoms with Gasteiger partial charge in [0.05, 0.1) is 17.4 Å². The molecule has 1 aliphatic rings. The van der Waals surface area contributed by atoms with Crippen molar-refractivity contribution in [1.82, 2.24) is 18.5 Å². The van der Waals surface area contributed by atoms with Gasteiger partial charge in [-0.2, -0.15) is 10.5 Å². The van der Waals surface area contributed by atoms with Crippen molar-refractivity contribution in [2.24, 2.45) is 0 Å². The van der Waals surface area contributed by atoms with Gasteiger partial charge in [-0.05, 0) is 24.6 Å². The molecule has 0 spiro atoms. The first kappa shape index (κ1) is 19.2. The molecule has 0 fully saturated rings. The van der Waals surface area contributed by atoms with Gasteiger partial charge in [-0.25, -0.2) is 9.97 Å². The van der Waals surface area contributed by atoms with Gasteiger partial charge in [0.1, 0.15) is 29.3 Å². The molecule has 31 heavy (non-hydrogen) atoms. The first-order valence-electron chi connectivity index (χ1n) is 9.78. The molecular weight excluding hydrogens is 410 g/mol. The number of anilines is 1. The predicted molar refractivity (Wildman–Crippen MR) is 115 cm³/mol. The molecule has 0 bridgehead atoms. The highest BCUT2D eigenvalue weighted by atomic mass is 32.2. The maximum Gasteiger partial charge on any atom is 0.188 e. The SMILES string of the molecule is N#Cc1cn2c(n1)CC(Nc1c(C#N)cnc3c1ccn3[S+]([O-])c1ccccc1)CC2. The lowest BCUT2D eigenvalue weighted by atomic mass is 10.0. The van der Waals surface area contributed by atoms with E-state index < -0.39 is 11.4 Å². The Balaban J connectivity index is 1.49. The number of benzene rings is 1. The summed E-state index contributed by atoms with van der Waals surface area (Å²) in [7, 11) is 0. The summed E-state index contributed by atoms with van der Waals surface area (Å²) in [5.41, 5.74) is 2.08. The van der Waals surface area contributed by atoms with Crippen molar-refractivity contribution >= 4 is 28.1 Å². The van der Waals surface area contributed by atoms with E-state index in [-0.39, 0.29) is 6.04 Å². The standard InChI is InChI=1S/C22H17N7OS/c23-11-15-13-25-22-19(7-9-29(22)31(30)18-4-2-1-3-5-18)21(15)27-16-6-8-28-14-17(12-24)26-20(28)10-16/h1-5,7,9,13-14,16H,6,8,10H2,(H,25,27). The summed E-state index contributed by atoms with van der Waals surface area (Å²) in [6.07, 6.45) is 6.50. The molecule has 1 aliphatic heterocycles. The maximum absolute atomic E-state index is 13.1. The average Bonchev–Trinajstić information content (AvgIpc) is 3.43. The molecule has 4 heterocycles. The van der Waals surface area contributed by atoms with Gasteiger partial charge in [0.15, 0.2) is 16.2 Å². The zero-order chi connectivity index (χ0) is 21.4. The number of hydrogen-bond acceptors (Lipinski definition) is 6. The number of aromatic nitrogens is 4. The fourth-order valence-corrected chi connectivity index (χ4v) is 4.99. The summed E-state index contributed by atoms with van der Waals surface area (Å²) in [5, 5.41) is 23.0. The average molecular weight is 427 g/mol. The first-order valence-corrected chi connectivity index (χ1v) is 10.9. The van der Waals surface area contributed by atoms with Gasteiger partial charge in [0.2, 0.25) is 0 Å². The molecule has 3 aromatic heterocycles. The third-order valence-electron chi connectivity index (χ3n) is 5.39. The predicted octanol–water partition coefficient (Wildman–Crippen LogP) is 2.97. The van der Waals surface area contributed by atoms with Crippen molar-refractivity contribution in [2.45, 2.75) is 30.3 Å². The van der Waals surface area contributed by atoms with Crippen molar-refractivity contribution in [1.29, 1.82) is 10.5 Å². The summed E-state index contributed by atoms with van der Waals surface area (Å²) in [4.78, 5) is 9.46.